The number of amides is 1. The molecule has 0 aliphatic carbocycles. The number of ether oxygens (including phenoxy) is 2. The quantitative estimate of drug-likeness (QED) is 0.470. The number of anilines is 1. The number of hydrogen-bond acceptors (Lipinski definition) is 5. The van der Waals surface area contributed by atoms with Crippen LogP contribution >= 0.6 is 0 Å². The first-order valence-electron chi connectivity index (χ1n) is 10.2. The molecule has 0 spiro atoms. The second-order valence-electron chi connectivity index (χ2n) is 6.99. The molecule has 0 radical (unpaired) electrons. The van der Waals surface area contributed by atoms with Crippen molar-refractivity contribution >= 4 is 22.9 Å². The molecule has 2 aromatic heterocycles. The Morgan fingerprint density at radius 2 is 1.94 bits per heavy atom. The van der Waals surface area contributed by atoms with Gasteiger partial charge in [0.25, 0.3) is 0 Å². The number of nitrogens with zero attached hydrogens (tertiary/aromatic N) is 4. The summed E-state index contributed by atoms with van der Waals surface area (Å²) in [5, 5.41) is 7.37. The molecule has 31 heavy (non-hydrogen) atoms. The first kappa shape index (κ1) is 20.5. The monoisotopic (exact) mass is 419 g/mol. The van der Waals surface area contributed by atoms with Gasteiger partial charge in [-0.05, 0) is 43.7 Å². The molecule has 2 heterocycles. The van der Waals surface area contributed by atoms with Crippen LogP contribution in [-0.2, 0) is 24.4 Å². The van der Waals surface area contributed by atoms with Crippen LogP contribution in [0.5, 0.6) is 5.75 Å². The summed E-state index contributed by atoms with van der Waals surface area (Å²) < 4.78 is 14.6. The molecule has 0 fully saturated rings. The lowest BCUT2D eigenvalue weighted by Crippen LogP contribution is -2.16. The number of carbonyl (C=O) groups is 1. The van der Waals surface area contributed by atoms with Gasteiger partial charge in [0, 0.05) is 24.7 Å². The molecule has 1 amide bonds. The van der Waals surface area contributed by atoms with Crippen molar-refractivity contribution in [2.45, 2.75) is 33.5 Å². The average Bonchev–Trinajstić information content (AvgIpc) is 3.40. The lowest BCUT2D eigenvalue weighted by molar-refractivity contribution is 0.155. The first-order valence-corrected chi connectivity index (χ1v) is 10.2. The van der Waals surface area contributed by atoms with Crippen LogP contribution in [0.25, 0.3) is 22.3 Å². The Morgan fingerprint density at radius 3 is 2.71 bits per heavy atom. The third kappa shape index (κ3) is 4.23. The number of hydrogen-bond donors (Lipinski definition) is 1. The predicted octanol–water partition coefficient (Wildman–Crippen LogP) is 4.70. The van der Waals surface area contributed by atoms with E-state index in [1.54, 1.807) is 11.8 Å². The summed E-state index contributed by atoms with van der Waals surface area (Å²) in [7, 11) is 1.62. The number of benzene rings is 2. The van der Waals surface area contributed by atoms with Crippen LogP contribution in [0.2, 0.25) is 0 Å². The number of aryl methyl sites for hydroxylation is 2. The minimum atomic E-state index is -0.541. The van der Waals surface area contributed by atoms with E-state index in [4.69, 9.17) is 9.47 Å². The molecule has 160 valence electrons. The molecular formula is C23H25N5O3. The van der Waals surface area contributed by atoms with Gasteiger partial charge in [0.2, 0.25) is 0 Å². The predicted molar refractivity (Wildman–Crippen MR) is 119 cm³/mol. The van der Waals surface area contributed by atoms with Crippen LogP contribution in [0.4, 0.5) is 10.6 Å². The SMILES string of the molecule is CCn1nc(-c2ccccc2OC)cc1NC(=O)OCc1ccc2c(c1)ncn2CC. The fourth-order valence-corrected chi connectivity index (χ4v) is 3.49. The zero-order valence-electron chi connectivity index (χ0n) is 17.8. The molecule has 1 N–H and O–H groups in total. The molecule has 4 aromatic rings. The van der Waals surface area contributed by atoms with Crippen molar-refractivity contribution in [3.05, 3.63) is 60.4 Å². The second-order valence-corrected chi connectivity index (χ2v) is 6.99. The Labute approximate surface area is 180 Å². The van der Waals surface area contributed by atoms with E-state index in [0.29, 0.717) is 18.1 Å². The van der Waals surface area contributed by atoms with Crippen LogP contribution in [-0.4, -0.2) is 32.5 Å². The third-order valence-electron chi connectivity index (χ3n) is 5.09. The Kier molecular flexibility index (Phi) is 5.88. The molecule has 8 nitrogen and oxygen atoms in total. The van der Waals surface area contributed by atoms with Crippen molar-refractivity contribution in [3.63, 3.8) is 0 Å². The summed E-state index contributed by atoms with van der Waals surface area (Å²) in [5.74, 6) is 1.28. The highest BCUT2D eigenvalue weighted by Crippen LogP contribution is 2.30. The van der Waals surface area contributed by atoms with Gasteiger partial charge in [-0.2, -0.15) is 5.10 Å². The molecule has 4 rings (SSSR count). The van der Waals surface area contributed by atoms with E-state index < -0.39 is 6.09 Å². The van der Waals surface area contributed by atoms with Crippen molar-refractivity contribution in [3.8, 4) is 17.0 Å². The van der Waals surface area contributed by atoms with Gasteiger partial charge in [0.15, 0.2) is 0 Å². The van der Waals surface area contributed by atoms with Gasteiger partial charge in [-0.15, -0.1) is 0 Å². The molecular weight excluding hydrogens is 394 g/mol. The summed E-state index contributed by atoms with van der Waals surface area (Å²) in [6, 6.07) is 15.3. The Morgan fingerprint density at radius 1 is 1.10 bits per heavy atom. The van der Waals surface area contributed by atoms with E-state index >= 15 is 0 Å². The van der Waals surface area contributed by atoms with Crippen molar-refractivity contribution in [1.82, 2.24) is 19.3 Å². The summed E-state index contributed by atoms with van der Waals surface area (Å²) in [4.78, 5) is 16.8. The summed E-state index contributed by atoms with van der Waals surface area (Å²) in [6.07, 6.45) is 1.27. The van der Waals surface area contributed by atoms with Crippen molar-refractivity contribution in [1.29, 1.82) is 0 Å². The molecule has 0 saturated heterocycles. The first-order chi connectivity index (χ1) is 15.1. The van der Waals surface area contributed by atoms with Gasteiger partial charge >= 0.3 is 6.09 Å². The van der Waals surface area contributed by atoms with E-state index in [0.717, 1.165) is 34.5 Å². The molecule has 0 aliphatic heterocycles. The van der Waals surface area contributed by atoms with E-state index in [2.05, 4.69) is 26.9 Å². The topological polar surface area (TPSA) is 83.2 Å². The fourth-order valence-electron chi connectivity index (χ4n) is 3.49. The number of rotatable bonds is 7. The lowest BCUT2D eigenvalue weighted by atomic mass is 10.1. The number of nitrogens with one attached hydrogen (secondary N) is 1. The summed E-state index contributed by atoms with van der Waals surface area (Å²) >= 11 is 0. The van der Waals surface area contributed by atoms with Crippen molar-refractivity contribution in [2.75, 3.05) is 12.4 Å². The zero-order valence-corrected chi connectivity index (χ0v) is 17.8. The van der Waals surface area contributed by atoms with Crippen LogP contribution in [0.1, 0.15) is 19.4 Å². The number of fused-ring (bicyclic) bond motifs is 1. The third-order valence-corrected chi connectivity index (χ3v) is 5.09. The van der Waals surface area contributed by atoms with Crippen LogP contribution < -0.4 is 10.1 Å². The highest BCUT2D eigenvalue weighted by molar-refractivity contribution is 5.85. The highest BCUT2D eigenvalue weighted by atomic mass is 16.5. The summed E-state index contributed by atoms with van der Waals surface area (Å²) in [6.45, 7) is 5.64. The highest BCUT2D eigenvalue weighted by Gasteiger charge is 2.15. The number of aromatic nitrogens is 4. The van der Waals surface area contributed by atoms with E-state index in [9.17, 15) is 4.79 Å². The maximum Gasteiger partial charge on any atom is 0.413 e. The molecule has 0 bridgehead atoms. The normalized spacial score (nSPS) is 10.9. The number of imidazole rings is 1. The maximum absolute atomic E-state index is 12.4. The Bertz CT molecular complexity index is 1210. The Balaban J connectivity index is 1.45. The van der Waals surface area contributed by atoms with Gasteiger partial charge in [-0.1, -0.05) is 18.2 Å². The number of para-hydroxylation sites is 1. The minimum Gasteiger partial charge on any atom is -0.496 e. The van der Waals surface area contributed by atoms with Gasteiger partial charge in [0.1, 0.15) is 18.2 Å². The zero-order chi connectivity index (χ0) is 21.8. The van der Waals surface area contributed by atoms with Crippen LogP contribution in [0, 0.1) is 0 Å². The van der Waals surface area contributed by atoms with Gasteiger partial charge < -0.3 is 14.0 Å². The van der Waals surface area contributed by atoms with Gasteiger partial charge in [-0.3, -0.25) is 5.32 Å². The standard InChI is InChI=1S/C23H25N5O3/c1-4-27-15-24-19-12-16(10-11-20(19)27)14-31-23(29)25-22-13-18(26-28(22)5-2)17-8-6-7-9-21(17)30-3/h6-13,15H,4-5,14H2,1-3H3,(H,25,29). The van der Waals surface area contributed by atoms with Crippen LogP contribution in [0.15, 0.2) is 54.9 Å². The van der Waals surface area contributed by atoms with E-state index in [1.807, 2.05) is 61.8 Å². The molecule has 0 aliphatic rings. The summed E-state index contributed by atoms with van der Waals surface area (Å²) in [5.41, 5.74) is 4.39. The fraction of sp³-hybridized carbons (Fsp3) is 0.261. The smallest absolute Gasteiger partial charge is 0.413 e. The van der Waals surface area contributed by atoms with Crippen molar-refractivity contribution < 1.29 is 14.3 Å². The second kappa shape index (κ2) is 8.91. The number of carbonyl (C=O) groups excluding carboxylic acids is 1. The van der Waals surface area contributed by atoms with E-state index in [1.165, 1.54) is 0 Å². The molecule has 0 unspecified atom stereocenters. The van der Waals surface area contributed by atoms with Crippen molar-refractivity contribution in [2.24, 2.45) is 0 Å². The van der Waals surface area contributed by atoms with E-state index in [-0.39, 0.29) is 6.61 Å². The molecule has 2 aromatic carbocycles. The molecule has 0 atom stereocenters. The lowest BCUT2D eigenvalue weighted by Gasteiger charge is -2.08. The van der Waals surface area contributed by atoms with Crippen LogP contribution in [0.3, 0.4) is 0 Å². The number of methoxy groups -OCH3 is 1. The van der Waals surface area contributed by atoms with Gasteiger partial charge in [-0.25, -0.2) is 14.5 Å². The Hall–Kier alpha value is -3.81. The van der Waals surface area contributed by atoms with Gasteiger partial charge in [0.05, 0.1) is 30.2 Å². The largest absolute Gasteiger partial charge is 0.496 e. The molecule has 8 heteroatoms. The average molecular weight is 419 g/mol. The molecule has 0 saturated carbocycles. The maximum atomic E-state index is 12.4. The minimum absolute atomic E-state index is 0.153.